The van der Waals surface area contributed by atoms with Gasteiger partial charge in [0, 0.05) is 6.20 Å². The highest BCUT2D eigenvalue weighted by Crippen LogP contribution is 2.31. The van der Waals surface area contributed by atoms with Crippen molar-refractivity contribution in [3.05, 3.63) is 53.7 Å². The lowest BCUT2D eigenvalue weighted by Gasteiger charge is -2.10. The zero-order valence-electron chi connectivity index (χ0n) is 10.0. The van der Waals surface area contributed by atoms with Gasteiger partial charge in [0.1, 0.15) is 10.7 Å². The number of ether oxygens (including phenoxy) is 1. The van der Waals surface area contributed by atoms with Crippen molar-refractivity contribution in [2.45, 2.75) is 6.18 Å². The topological polar surface area (TPSA) is 48.1 Å². The van der Waals surface area contributed by atoms with Gasteiger partial charge in [-0.2, -0.15) is 13.2 Å². The molecule has 7 heteroatoms. The molecule has 0 unspecified atom stereocenters. The van der Waals surface area contributed by atoms with Gasteiger partial charge < -0.3 is 10.5 Å². The number of aromatic nitrogens is 1. The molecule has 0 fully saturated rings. The molecule has 0 saturated heterocycles. The van der Waals surface area contributed by atoms with Crippen molar-refractivity contribution in [3.8, 4) is 11.6 Å². The zero-order chi connectivity index (χ0) is 14.8. The highest BCUT2D eigenvalue weighted by atomic mass is 32.1. The Morgan fingerprint density at radius 1 is 1.15 bits per heavy atom. The van der Waals surface area contributed by atoms with Gasteiger partial charge in [0.25, 0.3) is 0 Å². The summed E-state index contributed by atoms with van der Waals surface area (Å²) in [5.74, 6) is 0.369. The average Bonchev–Trinajstić information content (AvgIpc) is 2.38. The fraction of sp³-hybridized carbons (Fsp3) is 0.0769. The van der Waals surface area contributed by atoms with E-state index in [1.54, 1.807) is 12.1 Å². The van der Waals surface area contributed by atoms with Crippen LogP contribution in [0.15, 0.2) is 42.6 Å². The number of hydrogen-bond acceptors (Lipinski definition) is 3. The lowest BCUT2D eigenvalue weighted by Crippen LogP contribution is -2.11. The number of hydrogen-bond donors (Lipinski definition) is 1. The molecule has 3 nitrogen and oxygen atoms in total. The van der Waals surface area contributed by atoms with Crippen molar-refractivity contribution in [2.24, 2.45) is 5.73 Å². The summed E-state index contributed by atoms with van der Waals surface area (Å²) in [4.78, 5) is 4.05. The van der Waals surface area contributed by atoms with Crippen LogP contribution in [-0.4, -0.2) is 9.97 Å². The van der Waals surface area contributed by atoms with Gasteiger partial charge >= 0.3 is 6.18 Å². The molecule has 0 aliphatic heterocycles. The molecule has 0 radical (unpaired) electrons. The SMILES string of the molecule is NC(=S)c1cccnc1Oc1ccc(C(F)(F)F)cc1. The summed E-state index contributed by atoms with van der Waals surface area (Å²) in [6.07, 6.45) is -2.91. The van der Waals surface area contributed by atoms with Crippen molar-refractivity contribution in [2.75, 3.05) is 0 Å². The third-order valence-electron chi connectivity index (χ3n) is 2.43. The minimum atomic E-state index is -4.38. The first-order chi connectivity index (χ1) is 9.38. The van der Waals surface area contributed by atoms with Gasteiger partial charge in [0.05, 0.1) is 11.1 Å². The van der Waals surface area contributed by atoms with Crippen LogP contribution in [-0.2, 0) is 6.18 Å². The van der Waals surface area contributed by atoms with Crippen LogP contribution in [0.5, 0.6) is 11.6 Å². The molecule has 0 aliphatic rings. The number of rotatable bonds is 3. The minimum absolute atomic E-state index is 0.0972. The van der Waals surface area contributed by atoms with Crippen molar-refractivity contribution in [3.63, 3.8) is 0 Å². The Morgan fingerprint density at radius 3 is 2.35 bits per heavy atom. The van der Waals surface area contributed by atoms with Gasteiger partial charge in [-0.1, -0.05) is 12.2 Å². The standard InChI is InChI=1S/C13H9F3N2OS/c14-13(15,16)8-3-5-9(6-4-8)19-12-10(11(17)20)2-1-7-18-12/h1-7H,(H2,17,20). The fourth-order valence-corrected chi connectivity index (χ4v) is 1.64. The van der Waals surface area contributed by atoms with Gasteiger partial charge in [0.2, 0.25) is 5.88 Å². The van der Waals surface area contributed by atoms with Crippen molar-refractivity contribution in [1.82, 2.24) is 4.98 Å². The van der Waals surface area contributed by atoms with E-state index >= 15 is 0 Å². The second-order valence-corrected chi connectivity index (χ2v) is 4.28. The Hall–Kier alpha value is -2.15. The molecular weight excluding hydrogens is 289 g/mol. The van der Waals surface area contributed by atoms with Gasteiger partial charge in [0.15, 0.2) is 0 Å². The van der Waals surface area contributed by atoms with Crippen LogP contribution in [0.4, 0.5) is 13.2 Å². The van der Waals surface area contributed by atoms with Crippen LogP contribution in [0, 0.1) is 0 Å². The molecule has 2 N–H and O–H groups in total. The monoisotopic (exact) mass is 298 g/mol. The number of nitrogens with zero attached hydrogens (tertiary/aromatic N) is 1. The molecule has 104 valence electrons. The molecular formula is C13H9F3N2OS. The van der Waals surface area contributed by atoms with Crippen LogP contribution in [0.3, 0.4) is 0 Å². The number of pyridine rings is 1. The Balaban J connectivity index is 2.25. The Bertz CT molecular complexity index is 626. The first-order valence-electron chi connectivity index (χ1n) is 5.48. The number of benzene rings is 1. The smallest absolute Gasteiger partial charge is 0.416 e. The molecule has 0 bridgehead atoms. The summed E-state index contributed by atoms with van der Waals surface area (Å²) < 4.78 is 42.7. The summed E-state index contributed by atoms with van der Waals surface area (Å²) in [6.45, 7) is 0. The molecule has 2 aromatic rings. The lowest BCUT2D eigenvalue weighted by molar-refractivity contribution is -0.137. The number of thiocarbonyl (C=S) groups is 1. The van der Waals surface area contributed by atoms with Gasteiger partial charge in [-0.3, -0.25) is 0 Å². The zero-order valence-corrected chi connectivity index (χ0v) is 10.8. The van der Waals surface area contributed by atoms with Crippen molar-refractivity contribution < 1.29 is 17.9 Å². The van der Waals surface area contributed by atoms with E-state index in [-0.39, 0.29) is 16.6 Å². The first kappa shape index (κ1) is 14.3. The molecule has 1 heterocycles. The second kappa shape index (κ2) is 5.46. The summed E-state index contributed by atoms with van der Waals surface area (Å²) >= 11 is 4.84. The fourth-order valence-electron chi connectivity index (χ4n) is 1.48. The third kappa shape index (κ3) is 3.24. The van der Waals surface area contributed by atoms with E-state index in [1.165, 1.54) is 18.3 Å². The highest BCUT2D eigenvalue weighted by Gasteiger charge is 2.30. The Labute approximate surface area is 118 Å². The predicted molar refractivity (Wildman–Crippen MR) is 71.6 cm³/mol. The molecule has 1 aromatic heterocycles. The molecule has 0 spiro atoms. The van der Waals surface area contributed by atoms with E-state index in [4.69, 9.17) is 22.7 Å². The summed E-state index contributed by atoms with van der Waals surface area (Å²) in [5, 5.41) is 0. The normalized spacial score (nSPS) is 11.2. The molecule has 20 heavy (non-hydrogen) atoms. The quantitative estimate of drug-likeness (QED) is 0.881. The molecule has 0 amide bonds. The van der Waals surface area contributed by atoms with Crippen LogP contribution in [0.25, 0.3) is 0 Å². The summed E-state index contributed by atoms with van der Waals surface area (Å²) in [7, 11) is 0. The van der Waals surface area contributed by atoms with Gasteiger partial charge in [-0.15, -0.1) is 0 Å². The van der Waals surface area contributed by atoms with E-state index in [9.17, 15) is 13.2 Å². The average molecular weight is 298 g/mol. The molecule has 0 atom stereocenters. The third-order valence-corrected chi connectivity index (χ3v) is 2.65. The Kier molecular flexibility index (Phi) is 3.89. The van der Waals surface area contributed by atoms with E-state index in [0.717, 1.165) is 12.1 Å². The van der Waals surface area contributed by atoms with Crippen LogP contribution in [0.2, 0.25) is 0 Å². The number of nitrogens with two attached hydrogens (primary N) is 1. The van der Waals surface area contributed by atoms with Crippen molar-refractivity contribution in [1.29, 1.82) is 0 Å². The summed E-state index contributed by atoms with van der Waals surface area (Å²) in [6, 6.07) is 7.53. The molecule has 0 aliphatic carbocycles. The van der Waals surface area contributed by atoms with E-state index in [0.29, 0.717) is 5.56 Å². The van der Waals surface area contributed by atoms with Crippen LogP contribution >= 0.6 is 12.2 Å². The number of halogens is 3. The van der Waals surface area contributed by atoms with Crippen LogP contribution < -0.4 is 10.5 Å². The minimum Gasteiger partial charge on any atom is -0.438 e. The van der Waals surface area contributed by atoms with E-state index in [1.807, 2.05) is 0 Å². The molecule has 2 rings (SSSR count). The molecule has 1 aromatic carbocycles. The lowest BCUT2D eigenvalue weighted by atomic mass is 10.2. The summed E-state index contributed by atoms with van der Waals surface area (Å²) in [5.41, 5.74) is 5.18. The number of alkyl halides is 3. The maximum atomic E-state index is 12.4. The van der Waals surface area contributed by atoms with Crippen molar-refractivity contribution >= 4 is 17.2 Å². The molecule has 0 saturated carbocycles. The second-order valence-electron chi connectivity index (χ2n) is 3.84. The van der Waals surface area contributed by atoms with Crippen LogP contribution in [0.1, 0.15) is 11.1 Å². The van der Waals surface area contributed by atoms with E-state index < -0.39 is 11.7 Å². The largest absolute Gasteiger partial charge is 0.438 e. The van der Waals surface area contributed by atoms with Gasteiger partial charge in [-0.05, 0) is 36.4 Å². The highest BCUT2D eigenvalue weighted by molar-refractivity contribution is 7.80. The maximum Gasteiger partial charge on any atom is 0.416 e. The maximum absolute atomic E-state index is 12.4. The van der Waals surface area contributed by atoms with E-state index in [2.05, 4.69) is 4.98 Å². The predicted octanol–water partition coefficient (Wildman–Crippen LogP) is 3.53. The van der Waals surface area contributed by atoms with Gasteiger partial charge in [-0.25, -0.2) is 4.98 Å². The first-order valence-corrected chi connectivity index (χ1v) is 5.88. The Morgan fingerprint density at radius 2 is 1.80 bits per heavy atom.